The van der Waals surface area contributed by atoms with Crippen molar-refractivity contribution in [2.45, 2.75) is 12.7 Å². The molecule has 0 aliphatic rings. The first kappa shape index (κ1) is 17.3. The highest BCUT2D eigenvalue weighted by Gasteiger charge is 2.13. The monoisotopic (exact) mass is 377 g/mol. The van der Waals surface area contributed by atoms with Gasteiger partial charge in [0.2, 0.25) is 10.0 Å². The van der Waals surface area contributed by atoms with E-state index < -0.39 is 10.0 Å². The highest BCUT2D eigenvalue weighted by molar-refractivity contribution is 7.91. The van der Waals surface area contributed by atoms with Crippen LogP contribution in [0.5, 0.6) is 0 Å². The number of fused-ring (bicyclic) bond motifs is 1. The summed E-state index contributed by atoms with van der Waals surface area (Å²) in [7, 11) is -3.49. The largest absolute Gasteiger partial charge is 0.306 e. The minimum Gasteiger partial charge on any atom is -0.306 e. The Hall–Kier alpha value is -3.12. The van der Waals surface area contributed by atoms with E-state index in [0.29, 0.717) is 5.69 Å². The summed E-state index contributed by atoms with van der Waals surface area (Å²) in [6.45, 7) is 2.01. The van der Waals surface area contributed by atoms with Crippen molar-refractivity contribution in [2.24, 2.45) is 0 Å². The predicted octanol–water partition coefficient (Wildman–Crippen LogP) is 4.25. The van der Waals surface area contributed by atoms with Crippen LogP contribution in [0.1, 0.15) is 11.1 Å². The molecule has 6 heteroatoms. The SMILES string of the molecule is Cc1cccn2cc(-c3cccc(NS(=O)(=O)Cc4ccccc4)c3)nc12. The van der Waals surface area contributed by atoms with Gasteiger partial charge in [-0.25, -0.2) is 13.4 Å². The van der Waals surface area contributed by atoms with Crippen LogP contribution in [0.15, 0.2) is 79.1 Å². The van der Waals surface area contributed by atoms with Crippen molar-refractivity contribution in [3.05, 3.63) is 90.3 Å². The molecule has 2 heterocycles. The second-order valence-corrected chi connectivity index (χ2v) is 8.20. The summed E-state index contributed by atoms with van der Waals surface area (Å²) in [6, 6.07) is 20.4. The van der Waals surface area contributed by atoms with Gasteiger partial charge in [0.1, 0.15) is 5.65 Å². The maximum atomic E-state index is 12.5. The molecule has 0 radical (unpaired) electrons. The van der Waals surface area contributed by atoms with Gasteiger partial charge < -0.3 is 4.40 Å². The molecule has 0 saturated carbocycles. The normalized spacial score (nSPS) is 11.6. The summed E-state index contributed by atoms with van der Waals surface area (Å²) in [5.41, 5.74) is 4.91. The maximum Gasteiger partial charge on any atom is 0.236 e. The molecule has 4 aromatic rings. The zero-order valence-electron chi connectivity index (χ0n) is 14.8. The standard InChI is InChI=1S/C21H19N3O2S/c1-16-7-6-12-24-14-20(22-21(16)24)18-10-5-11-19(13-18)23-27(25,26)15-17-8-3-2-4-9-17/h2-14,23H,15H2,1H3. The Morgan fingerprint density at radius 1 is 1.00 bits per heavy atom. The van der Waals surface area contributed by atoms with Gasteiger partial charge in [0.15, 0.2) is 0 Å². The number of pyridine rings is 1. The molecule has 136 valence electrons. The van der Waals surface area contributed by atoms with Crippen molar-refractivity contribution in [3.63, 3.8) is 0 Å². The highest BCUT2D eigenvalue weighted by atomic mass is 32.2. The summed E-state index contributed by atoms with van der Waals surface area (Å²) in [5, 5.41) is 0. The number of aryl methyl sites for hydroxylation is 1. The van der Waals surface area contributed by atoms with Crippen LogP contribution in [0.2, 0.25) is 0 Å². The maximum absolute atomic E-state index is 12.5. The van der Waals surface area contributed by atoms with E-state index in [-0.39, 0.29) is 5.75 Å². The molecule has 1 N–H and O–H groups in total. The molecule has 0 unspecified atom stereocenters. The smallest absolute Gasteiger partial charge is 0.236 e. The van der Waals surface area contributed by atoms with Gasteiger partial charge in [0, 0.05) is 23.6 Å². The Kier molecular flexibility index (Phi) is 4.41. The van der Waals surface area contributed by atoms with E-state index in [1.54, 1.807) is 24.3 Å². The van der Waals surface area contributed by atoms with Crippen LogP contribution < -0.4 is 4.72 Å². The number of sulfonamides is 1. The fourth-order valence-electron chi connectivity index (χ4n) is 3.04. The van der Waals surface area contributed by atoms with Crippen molar-refractivity contribution in [1.29, 1.82) is 0 Å². The van der Waals surface area contributed by atoms with E-state index in [0.717, 1.165) is 28.0 Å². The molecule has 0 aliphatic carbocycles. The first-order valence-electron chi connectivity index (χ1n) is 8.59. The molecule has 5 nitrogen and oxygen atoms in total. The van der Waals surface area contributed by atoms with Crippen molar-refractivity contribution in [2.75, 3.05) is 4.72 Å². The van der Waals surface area contributed by atoms with E-state index in [1.165, 1.54) is 0 Å². The second kappa shape index (κ2) is 6.89. The lowest BCUT2D eigenvalue weighted by Crippen LogP contribution is -2.15. The first-order valence-corrected chi connectivity index (χ1v) is 10.2. The lowest BCUT2D eigenvalue weighted by atomic mass is 10.1. The molecule has 0 bridgehead atoms. The van der Waals surface area contributed by atoms with Crippen molar-refractivity contribution in [3.8, 4) is 11.3 Å². The van der Waals surface area contributed by atoms with Gasteiger partial charge in [0.25, 0.3) is 0 Å². The minimum absolute atomic E-state index is 0.0639. The van der Waals surface area contributed by atoms with Gasteiger partial charge >= 0.3 is 0 Å². The third-order valence-electron chi connectivity index (χ3n) is 4.31. The van der Waals surface area contributed by atoms with Gasteiger partial charge in [-0.1, -0.05) is 48.5 Å². The van der Waals surface area contributed by atoms with Crippen LogP contribution >= 0.6 is 0 Å². The zero-order chi connectivity index (χ0) is 18.9. The molecule has 2 aromatic carbocycles. The summed E-state index contributed by atoms with van der Waals surface area (Å²) < 4.78 is 29.6. The fourth-order valence-corrected chi connectivity index (χ4v) is 4.23. The van der Waals surface area contributed by atoms with Crippen LogP contribution in [-0.4, -0.2) is 17.8 Å². The molecular weight excluding hydrogens is 358 g/mol. The topological polar surface area (TPSA) is 63.5 Å². The third-order valence-corrected chi connectivity index (χ3v) is 5.57. The Labute approximate surface area is 158 Å². The van der Waals surface area contributed by atoms with Gasteiger partial charge in [-0.2, -0.15) is 0 Å². The van der Waals surface area contributed by atoms with Crippen LogP contribution in [0.25, 0.3) is 16.9 Å². The molecule has 0 amide bonds. The number of anilines is 1. The molecule has 4 rings (SSSR count). The zero-order valence-corrected chi connectivity index (χ0v) is 15.6. The van der Waals surface area contributed by atoms with Crippen molar-refractivity contribution in [1.82, 2.24) is 9.38 Å². The fraction of sp³-hybridized carbons (Fsp3) is 0.0952. The molecule has 2 aromatic heterocycles. The molecule has 0 atom stereocenters. The minimum atomic E-state index is -3.49. The lowest BCUT2D eigenvalue weighted by molar-refractivity contribution is 0.600. The Balaban J connectivity index is 1.61. The van der Waals surface area contributed by atoms with Crippen LogP contribution in [0.4, 0.5) is 5.69 Å². The number of hydrogen-bond acceptors (Lipinski definition) is 3. The van der Waals surface area contributed by atoms with Gasteiger partial charge in [0.05, 0.1) is 11.4 Å². The van der Waals surface area contributed by atoms with Crippen LogP contribution in [-0.2, 0) is 15.8 Å². The second-order valence-electron chi connectivity index (χ2n) is 6.48. The molecule has 0 spiro atoms. The number of rotatable bonds is 5. The van der Waals surface area contributed by atoms with E-state index in [9.17, 15) is 8.42 Å². The van der Waals surface area contributed by atoms with Gasteiger partial charge in [-0.05, 0) is 36.2 Å². The lowest BCUT2D eigenvalue weighted by Gasteiger charge is -2.09. The number of benzene rings is 2. The Morgan fingerprint density at radius 2 is 1.81 bits per heavy atom. The Morgan fingerprint density at radius 3 is 2.59 bits per heavy atom. The molecule has 27 heavy (non-hydrogen) atoms. The van der Waals surface area contributed by atoms with Crippen LogP contribution in [0, 0.1) is 6.92 Å². The van der Waals surface area contributed by atoms with Gasteiger partial charge in [-0.15, -0.1) is 0 Å². The predicted molar refractivity (Wildman–Crippen MR) is 108 cm³/mol. The third kappa shape index (κ3) is 3.85. The molecule has 0 fully saturated rings. The summed E-state index contributed by atoms with van der Waals surface area (Å²) in [4.78, 5) is 4.67. The number of imidazole rings is 1. The molecule has 0 saturated heterocycles. The number of hydrogen-bond donors (Lipinski definition) is 1. The number of nitrogens with one attached hydrogen (secondary N) is 1. The van der Waals surface area contributed by atoms with E-state index in [1.807, 2.05) is 66.2 Å². The van der Waals surface area contributed by atoms with Crippen LogP contribution in [0.3, 0.4) is 0 Å². The Bertz CT molecular complexity index is 1200. The average molecular weight is 377 g/mol. The summed E-state index contributed by atoms with van der Waals surface area (Å²) >= 11 is 0. The average Bonchev–Trinajstić information content (AvgIpc) is 3.08. The van der Waals surface area contributed by atoms with Crippen molar-refractivity contribution >= 4 is 21.4 Å². The highest BCUT2D eigenvalue weighted by Crippen LogP contribution is 2.24. The molecule has 0 aliphatic heterocycles. The quantitative estimate of drug-likeness (QED) is 0.565. The molecular formula is C21H19N3O2S. The summed E-state index contributed by atoms with van der Waals surface area (Å²) in [5.74, 6) is -0.0639. The van der Waals surface area contributed by atoms with E-state index >= 15 is 0 Å². The number of aromatic nitrogens is 2. The summed E-state index contributed by atoms with van der Waals surface area (Å²) in [6.07, 6.45) is 3.89. The van der Waals surface area contributed by atoms with E-state index in [4.69, 9.17) is 0 Å². The first-order chi connectivity index (χ1) is 13.0. The van der Waals surface area contributed by atoms with Gasteiger partial charge in [-0.3, -0.25) is 4.72 Å². The van der Waals surface area contributed by atoms with Crippen molar-refractivity contribution < 1.29 is 8.42 Å². The number of nitrogens with zero attached hydrogens (tertiary/aromatic N) is 2. The van der Waals surface area contributed by atoms with E-state index in [2.05, 4.69) is 9.71 Å².